The maximum atomic E-state index is 13.5. The Morgan fingerprint density at radius 1 is 1.26 bits per heavy atom. The van der Waals surface area contributed by atoms with Gasteiger partial charge in [-0.15, -0.1) is 23.7 Å². The summed E-state index contributed by atoms with van der Waals surface area (Å²) in [5, 5.41) is 15.9. The van der Waals surface area contributed by atoms with E-state index in [9.17, 15) is 19.5 Å². The van der Waals surface area contributed by atoms with Crippen LogP contribution in [0.5, 0.6) is 0 Å². The Hall–Kier alpha value is -2.57. The Labute approximate surface area is 233 Å². The summed E-state index contributed by atoms with van der Waals surface area (Å²) in [5.74, 6) is -1.21. The van der Waals surface area contributed by atoms with E-state index in [1.807, 2.05) is 57.5 Å². The van der Waals surface area contributed by atoms with E-state index in [0.29, 0.717) is 0 Å². The molecule has 38 heavy (non-hydrogen) atoms. The lowest BCUT2D eigenvalue weighted by molar-refractivity contribution is -0.144. The second kappa shape index (κ2) is 14.0. The fraction of sp³-hybridized carbons (Fsp3) is 0.538. The van der Waals surface area contributed by atoms with Crippen LogP contribution < -0.4 is 16.4 Å². The molecule has 3 amide bonds. The molecule has 10 nitrogen and oxygen atoms in total. The van der Waals surface area contributed by atoms with Crippen LogP contribution in [-0.2, 0) is 25.7 Å². The van der Waals surface area contributed by atoms with Gasteiger partial charge in [-0.1, -0.05) is 45.0 Å². The number of carbonyl (C=O) groups excluding carboxylic acids is 3. The Morgan fingerprint density at radius 2 is 1.95 bits per heavy atom. The molecule has 5 N–H and O–H groups in total. The zero-order chi connectivity index (χ0) is 27.2. The van der Waals surface area contributed by atoms with Gasteiger partial charge >= 0.3 is 0 Å². The number of rotatable bonds is 10. The molecule has 0 radical (unpaired) electrons. The first kappa shape index (κ1) is 31.6. The van der Waals surface area contributed by atoms with Crippen LogP contribution in [0.2, 0.25) is 0 Å². The number of β-amino-alcohol motifs (C(OH)–C–C–N with tert-alkyl or cyclic N) is 1. The first-order chi connectivity index (χ1) is 17.5. The number of nitrogens with two attached hydrogens (primary N) is 1. The van der Waals surface area contributed by atoms with Gasteiger partial charge in [0.05, 0.1) is 28.8 Å². The predicted octanol–water partition coefficient (Wildman–Crippen LogP) is 1.62. The normalized spacial score (nSPS) is 18.0. The van der Waals surface area contributed by atoms with Gasteiger partial charge in [-0.2, -0.15) is 0 Å². The maximum Gasteiger partial charge on any atom is 0.246 e. The molecule has 1 saturated heterocycles. The molecule has 0 bridgehead atoms. The van der Waals surface area contributed by atoms with Gasteiger partial charge in [0.15, 0.2) is 0 Å². The van der Waals surface area contributed by atoms with E-state index in [1.54, 1.807) is 11.3 Å². The van der Waals surface area contributed by atoms with Gasteiger partial charge in [0.2, 0.25) is 17.7 Å². The van der Waals surface area contributed by atoms with Gasteiger partial charge in [-0.25, -0.2) is 4.98 Å². The van der Waals surface area contributed by atoms with Crippen molar-refractivity contribution in [2.24, 2.45) is 11.1 Å². The molecule has 0 saturated carbocycles. The summed E-state index contributed by atoms with van der Waals surface area (Å²) in [6.45, 7) is 8.06. The molecule has 1 aromatic carbocycles. The number of hydrogen-bond donors (Lipinski definition) is 4. The minimum Gasteiger partial charge on any atom is -0.391 e. The van der Waals surface area contributed by atoms with Crippen LogP contribution in [-0.4, -0.2) is 77.2 Å². The molecular weight excluding hydrogens is 530 g/mol. The number of aliphatic hydroxyl groups is 1. The molecule has 1 aliphatic heterocycles. The average Bonchev–Trinajstić information content (AvgIpc) is 3.46. The molecule has 1 aliphatic rings. The van der Waals surface area contributed by atoms with Crippen molar-refractivity contribution in [3.63, 3.8) is 0 Å². The fourth-order valence-electron chi connectivity index (χ4n) is 4.23. The number of nitrogens with one attached hydrogen (secondary N) is 2. The molecule has 2 aromatic rings. The average molecular weight is 568 g/mol. The van der Waals surface area contributed by atoms with Crippen molar-refractivity contribution in [3.05, 3.63) is 41.0 Å². The fourth-order valence-corrected chi connectivity index (χ4v) is 5.04. The highest BCUT2D eigenvalue weighted by Crippen LogP contribution is 2.28. The molecule has 12 heteroatoms. The molecule has 2 heterocycles. The first-order valence-corrected chi connectivity index (χ1v) is 13.2. The maximum absolute atomic E-state index is 13.5. The third-order valence-electron chi connectivity index (χ3n) is 6.21. The molecule has 3 rings (SSSR count). The van der Waals surface area contributed by atoms with Gasteiger partial charge in [0.1, 0.15) is 18.7 Å². The number of halogens is 1. The summed E-state index contributed by atoms with van der Waals surface area (Å²) in [4.78, 5) is 45.8. The standard InChI is InChI=1S/C26H37N5O5S.ClH/c1-16-22(37-15-29-16)18-7-5-17(6-8-18)12-28-24(34)20-11-19(32)13-31(20)25(35)23(26(2,3)4)30-21(33)14-36-10-9-27;/h5-8,15,19-20,23,32H,9-14,27H2,1-4H3,(H,28,34)(H,30,33);1H/t19-,20+,23-;/m1./s1. The van der Waals surface area contributed by atoms with Crippen molar-refractivity contribution in [2.45, 2.75) is 58.8 Å². The quantitative estimate of drug-likeness (QED) is 0.319. The molecular formula is C26H38ClN5O5S. The first-order valence-electron chi connectivity index (χ1n) is 12.3. The van der Waals surface area contributed by atoms with Crippen molar-refractivity contribution in [3.8, 4) is 10.4 Å². The van der Waals surface area contributed by atoms with Crippen LogP contribution in [0.25, 0.3) is 10.4 Å². The molecule has 1 fully saturated rings. The largest absolute Gasteiger partial charge is 0.391 e. The zero-order valence-electron chi connectivity index (χ0n) is 22.2. The number of carbonyl (C=O) groups is 3. The summed E-state index contributed by atoms with van der Waals surface area (Å²) >= 11 is 1.58. The summed E-state index contributed by atoms with van der Waals surface area (Å²) < 4.78 is 5.18. The second-order valence-electron chi connectivity index (χ2n) is 10.3. The molecule has 0 unspecified atom stereocenters. The smallest absolute Gasteiger partial charge is 0.246 e. The molecule has 0 spiro atoms. The summed E-state index contributed by atoms with van der Waals surface area (Å²) in [6.07, 6.45) is -0.697. The van der Waals surface area contributed by atoms with E-state index >= 15 is 0 Å². The monoisotopic (exact) mass is 567 g/mol. The Morgan fingerprint density at radius 3 is 2.53 bits per heavy atom. The Kier molecular flexibility index (Phi) is 11.7. The number of aryl methyl sites for hydroxylation is 1. The van der Waals surface area contributed by atoms with Gasteiger partial charge in [0, 0.05) is 26.1 Å². The number of benzene rings is 1. The van der Waals surface area contributed by atoms with Gasteiger partial charge < -0.3 is 31.1 Å². The van der Waals surface area contributed by atoms with E-state index in [2.05, 4.69) is 15.6 Å². The Balaban J connectivity index is 0.00000507. The minimum atomic E-state index is -0.898. The van der Waals surface area contributed by atoms with E-state index < -0.39 is 35.4 Å². The van der Waals surface area contributed by atoms with Crippen LogP contribution in [0.15, 0.2) is 29.8 Å². The number of likely N-dealkylation sites (tertiary alicyclic amines) is 1. The predicted molar refractivity (Wildman–Crippen MR) is 149 cm³/mol. The third kappa shape index (κ3) is 8.21. The number of ether oxygens (including phenoxy) is 1. The van der Waals surface area contributed by atoms with Crippen molar-refractivity contribution >= 4 is 41.5 Å². The van der Waals surface area contributed by atoms with Crippen LogP contribution >= 0.6 is 23.7 Å². The van der Waals surface area contributed by atoms with Gasteiger partial charge in [-0.05, 0) is 23.5 Å². The number of hydrogen-bond acceptors (Lipinski definition) is 8. The summed E-state index contributed by atoms with van der Waals surface area (Å²) in [6, 6.07) is 6.13. The zero-order valence-corrected chi connectivity index (χ0v) is 23.9. The van der Waals surface area contributed by atoms with E-state index in [0.717, 1.165) is 21.7 Å². The lowest BCUT2D eigenvalue weighted by atomic mass is 9.85. The van der Waals surface area contributed by atoms with Gasteiger partial charge in [-0.3, -0.25) is 14.4 Å². The summed E-state index contributed by atoms with van der Waals surface area (Å²) in [5.41, 5.74) is 9.52. The van der Waals surface area contributed by atoms with E-state index in [1.165, 1.54) is 4.90 Å². The number of aliphatic hydroxyl groups excluding tert-OH is 1. The molecule has 1 aromatic heterocycles. The van der Waals surface area contributed by atoms with Crippen molar-refractivity contribution in [1.82, 2.24) is 20.5 Å². The number of thiazole rings is 1. The third-order valence-corrected chi connectivity index (χ3v) is 7.18. The van der Waals surface area contributed by atoms with Crippen molar-refractivity contribution < 1.29 is 24.2 Å². The Bertz CT molecular complexity index is 1090. The van der Waals surface area contributed by atoms with Crippen LogP contribution in [0.4, 0.5) is 0 Å². The highest BCUT2D eigenvalue weighted by Gasteiger charge is 2.44. The van der Waals surface area contributed by atoms with E-state index in [4.69, 9.17) is 10.5 Å². The van der Waals surface area contributed by atoms with Crippen molar-refractivity contribution in [1.29, 1.82) is 0 Å². The summed E-state index contributed by atoms with van der Waals surface area (Å²) in [7, 11) is 0. The van der Waals surface area contributed by atoms with Crippen LogP contribution in [0, 0.1) is 12.3 Å². The van der Waals surface area contributed by atoms with E-state index in [-0.39, 0.29) is 57.6 Å². The van der Waals surface area contributed by atoms with Crippen LogP contribution in [0.1, 0.15) is 38.4 Å². The topological polar surface area (TPSA) is 147 Å². The highest BCUT2D eigenvalue weighted by atomic mass is 35.5. The number of nitrogens with zero attached hydrogens (tertiary/aromatic N) is 2. The number of aromatic nitrogens is 1. The molecule has 210 valence electrons. The molecule has 3 atom stereocenters. The lowest BCUT2D eigenvalue weighted by Gasteiger charge is -2.35. The SMILES string of the molecule is Cc1ncsc1-c1ccc(CNC(=O)[C@@H]2C[C@@H](O)CN2C(=O)[C@@H](NC(=O)COCCN)C(C)(C)C)cc1.Cl. The van der Waals surface area contributed by atoms with Crippen LogP contribution in [0.3, 0.4) is 0 Å². The number of amides is 3. The van der Waals surface area contributed by atoms with Crippen molar-refractivity contribution in [2.75, 3.05) is 26.3 Å². The second-order valence-corrected chi connectivity index (χ2v) is 11.1. The molecule has 0 aliphatic carbocycles. The minimum absolute atomic E-state index is 0. The lowest BCUT2D eigenvalue weighted by Crippen LogP contribution is -2.58. The van der Waals surface area contributed by atoms with Gasteiger partial charge in [0.25, 0.3) is 0 Å². The highest BCUT2D eigenvalue weighted by molar-refractivity contribution is 7.13.